The van der Waals surface area contributed by atoms with Crippen LogP contribution >= 0.6 is 0 Å². The molecule has 1 fully saturated rings. The fraction of sp³-hybridized carbons (Fsp3) is 0.467. The zero-order valence-electron chi connectivity index (χ0n) is 11.1. The molecule has 19 heavy (non-hydrogen) atoms. The predicted octanol–water partition coefficient (Wildman–Crippen LogP) is 1.11. The Morgan fingerprint density at radius 2 is 2.21 bits per heavy atom. The van der Waals surface area contributed by atoms with Gasteiger partial charge in [0.2, 0.25) is 0 Å². The summed E-state index contributed by atoms with van der Waals surface area (Å²) in [7, 11) is 0. The number of aromatic nitrogens is 1. The van der Waals surface area contributed by atoms with Gasteiger partial charge in [-0.1, -0.05) is 18.2 Å². The van der Waals surface area contributed by atoms with E-state index < -0.39 is 0 Å². The molecular formula is C15H21N3O. The molecule has 1 atom stereocenters. The lowest BCUT2D eigenvalue weighted by atomic mass is 10.0. The van der Waals surface area contributed by atoms with E-state index in [0.717, 1.165) is 32.5 Å². The highest BCUT2D eigenvalue weighted by molar-refractivity contribution is 5.83. The van der Waals surface area contributed by atoms with Crippen LogP contribution in [0.1, 0.15) is 12.0 Å². The van der Waals surface area contributed by atoms with Crippen molar-refractivity contribution in [2.24, 2.45) is 5.73 Å². The normalized spacial score (nSPS) is 24.3. The number of fused-ring (bicyclic) bond motifs is 1. The van der Waals surface area contributed by atoms with Crippen LogP contribution in [-0.2, 0) is 6.42 Å². The van der Waals surface area contributed by atoms with E-state index >= 15 is 0 Å². The third-order valence-corrected chi connectivity index (χ3v) is 4.15. The van der Waals surface area contributed by atoms with Crippen LogP contribution in [0.2, 0.25) is 0 Å². The summed E-state index contributed by atoms with van der Waals surface area (Å²) in [6.45, 7) is 2.86. The maximum Gasteiger partial charge on any atom is 0.0624 e. The molecule has 0 radical (unpaired) electrons. The van der Waals surface area contributed by atoms with Gasteiger partial charge in [-0.25, -0.2) is 0 Å². The van der Waals surface area contributed by atoms with Crippen molar-refractivity contribution in [1.29, 1.82) is 0 Å². The van der Waals surface area contributed by atoms with Gasteiger partial charge in [-0.05, 0) is 24.5 Å². The summed E-state index contributed by atoms with van der Waals surface area (Å²) in [5, 5.41) is 10.6. The lowest BCUT2D eigenvalue weighted by Gasteiger charge is -2.21. The molecule has 1 aliphatic heterocycles. The van der Waals surface area contributed by atoms with Gasteiger partial charge < -0.3 is 20.7 Å². The Morgan fingerprint density at radius 1 is 1.37 bits per heavy atom. The number of H-pyrrole nitrogens is 1. The second kappa shape index (κ2) is 4.96. The standard InChI is InChI=1S/C15H21N3O/c16-15(11-19)6-8-18(10-15)7-5-12-9-17-14-4-2-1-3-13(12)14/h1-4,9,17,19H,5-8,10-11,16H2. The highest BCUT2D eigenvalue weighted by Crippen LogP contribution is 2.21. The van der Waals surface area contributed by atoms with Gasteiger partial charge in [-0.15, -0.1) is 0 Å². The van der Waals surface area contributed by atoms with Crippen molar-refractivity contribution in [2.75, 3.05) is 26.2 Å². The summed E-state index contributed by atoms with van der Waals surface area (Å²) in [6.07, 6.45) is 4.01. The maximum atomic E-state index is 9.28. The number of nitrogens with one attached hydrogen (secondary N) is 1. The molecule has 4 heteroatoms. The van der Waals surface area contributed by atoms with E-state index in [1.165, 1.54) is 16.5 Å². The fourth-order valence-electron chi connectivity index (χ4n) is 2.92. The highest BCUT2D eigenvalue weighted by atomic mass is 16.3. The third kappa shape index (κ3) is 2.52. The van der Waals surface area contributed by atoms with E-state index in [-0.39, 0.29) is 12.1 Å². The molecule has 4 N–H and O–H groups in total. The SMILES string of the molecule is NC1(CO)CCN(CCc2c[nH]c3ccccc23)C1. The van der Waals surface area contributed by atoms with Crippen LogP contribution in [0.25, 0.3) is 10.9 Å². The molecule has 0 saturated carbocycles. The number of aromatic amines is 1. The van der Waals surface area contributed by atoms with E-state index in [1.807, 2.05) is 6.07 Å². The fourth-order valence-corrected chi connectivity index (χ4v) is 2.92. The number of para-hydroxylation sites is 1. The maximum absolute atomic E-state index is 9.28. The molecule has 0 bridgehead atoms. The number of aliphatic hydroxyl groups excluding tert-OH is 1. The molecule has 1 aliphatic rings. The number of benzene rings is 1. The Labute approximate surface area is 113 Å². The molecule has 1 unspecified atom stereocenters. The van der Waals surface area contributed by atoms with Gasteiger partial charge >= 0.3 is 0 Å². The smallest absolute Gasteiger partial charge is 0.0624 e. The Kier molecular flexibility index (Phi) is 3.31. The average molecular weight is 259 g/mol. The molecule has 2 aromatic rings. The van der Waals surface area contributed by atoms with E-state index in [4.69, 9.17) is 5.73 Å². The first-order chi connectivity index (χ1) is 9.20. The first kappa shape index (κ1) is 12.7. The summed E-state index contributed by atoms with van der Waals surface area (Å²) in [5.74, 6) is 0. The quantitative estimate of drug-likeness (QED) is 0.770. The largest absolute Gasteiger partial charge is 0.394 e. The van der Waals surface area contributed by atoms with Gasteiger partial charge in [0.25, 0.3) is 0 Å². The zero-order chi connectivity index (χ0) is 13.3. The van der Waals surface area contributed by atoms with Crippen LogP contribution in [0.15, 0.2) is 30.5 Å². The van der Waals surface area contributed by atoms with Crippen molar-refractivity contribution in [1.82, 2.24) is 9.88 Å². The monoisotopic (exact) mass is 259 g/mol. The van der Waals surface area contributed by atoms with Crippen molar-refractivity contribution in [3.63, 3.8) is 0 Å². The van der Waals surface area contributed by atoms with Crippen molar-refractivity contribution >= 4 is 10.9 Å². The Bertz CT molecular complexity index is 565. The van der Waals surface area contributed by atoms with Crippen LogP contribution in [0, 0.1) is 0 Å². The van der Waals surface area contributed by atoms with Gasteiger partial charge in [-0.2, -0.15) is 0 Å². The number of nitrogens with zero attached hydrogens (tertiary/aromatic N) is 1. The van der Waals surface area contributed by atoms with Crippen LogP contribution in [0.4, 0.5) is 0 Å². The average Bonchev–Trinajstić information content (AvgIpc) is 3.01. The van der Waals surface area contributed by atoms with Gasteiger partial charge in [-0.3, -0.25) is 0 Å². The summed E-state index contributed by atoms with van der Waals surface area (Å²) in [4.78, 5) is 5.65. The van der Waals surface area contributed by atoms with Gasteiger partial charge in [0.15, 0.2) is 0 Å². The van der Waals surface area contributed by atoms with Crippen LogP contribution in [-0.4, -0.2) is 46.8 Å². The van der Waals surface area contributed by atoms with Gasteiger partial charge in [0, 0.05) is 36.7 Å². The van der Waals surface area contributed by atoms with E-state index in [0.29, 0.717) is 0 Å². The van der Waals surface area contributed by atoms with Gasteiger partial charge in [0.05, 0.1) is 12.1 Å². The first-order valence-corrected chi connectivity index (χ1v) is 6.87. The van der Waals surface area contributed by atoms with Crippen molar-refractivity contribution in [3.05, 3.63) is 36.0 Å². The predicted molar refractivity (Wildman–Crippen MR) is 77.1 cm³/mol. The number of nitrogens with two attached hydrogens (primary N) is 1. The minimum atomic E-state index is -0.389. The number of hydrogen-bond donors (Lipinski definition) is 3. The summed E-state index contributed by atoms with van der Waals surface area (Å²) >= 11 is 0. The summed E-state index contributed by atoms with van der Waals surface area (Å²) < 4.78 is 0. The van der Waals surface area contributed by atoms with Crippen LogP contribution in [0.3, 0.4) is 0 Å². The van der Waals surface area contributed by atoms with Gasteiger partial charge in [0.1, 0.15) is 0 Å². The Hall–Kier alpha value is -1.36. The molecule has 1 aromatic carbocycles. The first-order valence-electron chi connectivity index (χ1n) is 6.87. The number of likely N-dealkylation sites (tertiary alicyclic amines) is 1. The van der Waals surface area contributed by atoms with Crippen LogP contribution < -0.4 is 5.73 Å². The Morgan fingerprint density at radius 3 is 3.00 bits per heavy atom. The summed E-state index contributed by atoms with van der Waals surface area (Å²) in [5.41, 5.74) is 8.25. The molecule has 3 rings (SSSR count). The lowest BCUT2D eigenvalue weighted by molar-refractivity contribution is 0.194. The molecule has 1 aromatic heterocycles. The third-order valence-electron chi connectivity index (χ3n) is 4.15. The second-order valence-electron chi connectivity index (χ2n) is 5.66. The molecule has 0 aliphatic carbocycles. The molecular weight excluding hydrogens is 238 g/mol. The van der Waals surface area contributed by atoms with E-state index in [2.05, 4.69) is 34.3 Å². The molecule has 102 valence electrons. The minimum Gasteiger partial charge on any atom is -0.394 e. The van der Waals surface area contributed by atoms with Crippen molar-refractivity contribution in [2.45, 2.75) is 18.4 Å². The molecule has 0 spiro atoms. The topological polar surface area (TPSA) is 65.3 Å². The Balaban J connectivity index is 1.64. The molecule has 2 heterocycles. The zero-order valence-corrected chi connectivity index (χ0v) is 11.1. The second-order valence-corrected chi connectivity index (χ2v) is 5.66. The van der Waals surface area contributed by atoms with E-state index in [9.17, 15) is 5.11 Å². The molecule has 1 saturated heterocycles. The lowest BCUT2D eigenvalue weighted by Crippen LogP contribution is -2.46. The van der Waals surface area contributed by atoms with Crippen LogP contribution in [0.5, 0.6) is 0 Å². The minimum absolute atomic E-state index is 0.0799. The molecule has 4 nitrogen and oxygen atoms in total. The number of rotatable bonds is 4. The van der Waals surface area contributed by atoms with Crippen molar-refractivity contribution in [3.8, 4) is 0 Å². The number of hydrogen-bond acceptors (Lipinski definition) is 3. The highest BCUT2D eigenvalue weighted by Gasteiger charge is 2.33. The summed E-state index contributed by atoms with van der Waals surface area (Å²) in [6, 6.07) is 8.39. The molecule has 0 amide bonds. The number of aliphatic hydroxyl groups is 1. The van der Waals surface area contributed by atoms with Crippen molar-refractivity contribution < 1.29 is 5.11 Å². The van der Waals surface area contributed by atoms with E-state index in [1.54, 1.807) is 0 Å².